The molecule has 100 valence electrons. The fraction of sp³-hybridized carbons (Fsp3) is 0.286. The lowest BCUT2D eigenvalue weighted by molar-refractivity contribution is -0.129. The van der Waals surface area contributed by atoms with Gasteiger partial charge in [0.15, 0.2) is 0 Å². The second-order valence-corrected chi connectivity index (χ2v) is 4.42. The van der Waals surface area contributed by atoms with E-state index in [4.69, 9.17) is 4.74 Å². The van der Waals surface area contributed by atoms with Gasteiger partial charge in [0.1, 0.15) is 6.61 Å². The topological polar surface area (TPSA) is 62.4 Å². The number of nitrogens with one attached hydrogen (secondary N) is 1. The van der Waals surface area contributed by atoms with E-state index in [2.05, 4.69) is 4.98 Å². The highest BCUT2D eigenvalue weighted by atomic mass is 16.5. The number of carbonyl (C=O) groups excluding carboxylic acids is 2. The van der Waals surface area contributed by atoms with E-state index < -0.39 is 5.97 Å². The lowest BCUT2D eigenvalue weighted by Crippen LogP contribution is -2.23. The Morgan fingerprint density at radius 1 is 1.26 bits per heavy atom. The minimum Gasteiger partial charge on any atom is -0.461 e. The number of para-hydroxylation sites is 1. The molecule has 0 bridgehead atoms. The largest absolute Gasteiger partial charge is 0.461 e. The maximum atomic E-state index is 11.9. The van der Waals surface area contributed by atoms with E-state index >= 15 is 0 Å². The molecule has 19 heavy (non-hydrogen) atoms. The van der Waals surface area contributed by atoms with Crippen LogP contribution in [0.2, 0.25) is 0 Å². The molecule has 2 rings (SSSR count). The smallest absolute Gasteiger partial charge is 0.340 e. The van der Waals surface area contributed by atoms with Crippen LogP contribution in [-0.2, 0) is 9.53 Å². The van der Waals surface area contributed by atoms with Gasteiger partial charge in [0.25, 0.3) is 0 Å². The molecule has 5 heteroatoms. The zero-order valence-corrected chi connectivity index (χ0v) is 11.0. The van der Waals surface area contributed by atoms with Crippen LogP contribution >= 0.6 is 0 Å². The van der Waals surface area contributed by atoms with Gasteiger partial charge in [-0.25, -0.2) is 4.79 Å². The number of aromatic nitrogens is 1. The summed E-state index contributed by atoms with van der Waals surface area (Å²) in [5.74, 6) is -0.481. The molecule has 0 spiro atoms. The quantitative estimate of drug-likeness (QED) is 0.853. The van der Waals surface area contributed by atoms with E-state index in [-0.39, 0.29) is 18.9 Å². The Labute approximate surface area is 111 Å². The normalized spacial score (nSPS) is 10.4. The van der Waals surface area contributed by atoms with E-state index in [1.165, 1.54) is 4.90 Å². The first-order chi connectivity index (χ1) is 9.09. The summed E-state index contributed by atoms with van der Waals surface area (Å²) in [4.78, 5) is 27.8. The molecule has 0 radical (unpaired) electrons. The Bertz CT molecular complexity index is 602. The Morgan fingerprint density at radius 3 is 2.79 bits per heavy atom. The van der Waals surface area contributed by atoms with Gasteiger partial charge in [-0.3, -0.25) is 4.79 Å². The SMILES string of the molecule is CN(C)C(=O)CCOC(=O)c1cccc2cc[nH]c12. The molecular weight excluding hydrogens is 244 g/mol. The van der Waals surface area contributed by atoms with Crippen LogP contribution in [0.4, 0.5) is 0 Å². The van der Waals surface area contributed by atoms with Gasteiger partial charge in [0.2, 0.25) is 5.91 Å². The minimum absolute atomic E-state index is 0.0640. The third kappa shape index (κ3) is 2.93. The van der Waals surface area contributed by atoms with Crippen molar-refractivity contribution in [1.29, 1.82) is 0 Å². The van der Waals surface area contributed by atoms with Gasteiger partial charge in [-0.1, -0.05) is 12.1 Å². The van der Waals surface area contributed by atoms with Crippen LogP contribution in [0, 0.1) is 0 Å². The number of ether oxygens (including phenoxy) is 1. The van der Waals surface area contributed by atoms with E-state index in [9.17, 15) is 9.59 Å². The molecule has 0 aliphatic rings. The van der Waals surface area contributed by atoms with Crippen molar-refractivity contribution >= 4 is 22.8 Å². The predicted molar refractivity (Wildman–Crippen MR) is 71.9 cm³/mol. The van der Waals surface area contributed by atoms with Gasteiger partial charge >= 0.3 is 5.97 Å². The molecule has 5 nitrogen and oxygen atoms in total. The van der Waals surface area contributed by atoms with E-state index in [1.807, 2.05) is 12.1 Å². The number of hydrogen-bond donors (Lipinski definition) is 1. The number of hydrogen-bond acceptors (Lipinski definition) is 3. The fourth-order valence-electron chi connectivity index (χ4n) is 1.79. The molecule has 0 saturated heterocycles. The predicted octanol–water partition coefficient (Wildman–Crippen LogP) is 1.80. The van der Waals surface area contributed by atoms with Crippen molar-refractivity contribution in [3.8, 4) is 0 Å². The first-order valence-corrected chi connectivity index (χ1v) is 6.03. The van der Waals surface area contributed by atoms with Gasteiger partial charge < -0.3 is 14.6 Å². The molecule has 1 N–H and O–H groups in total. The lowest BCUT2D eigenvalue weighted by atomic mass is 10.1. The lowest BCUT2D eigenvalue weighted by Gasteiger charge is -2.10. The van der Waals surface area contributed by atoms with Crippen molar-refractivity contribution in [3.63, 3.8) is 0 Å². The first kappa shape index (κ1) is 13.1. The number of aromatic amines is 1. The molecule has 1 aromatic heterocycles. The number of esters is 1. The van der Waals surface area contributed by atoms with Gasteiger partial charge in [0, 0.05) is 25.7 Å². The summed E-state index contributed by atoms with van der Waals surface area (Å²) < 4.78 is 5.12. The number of nitrogens with zero attached hydrogens (tertiary/aromatic N) is 1. The third-order valence-corrected chi connectivity index (χ3v) is 2.86. The van der Waals surface area contributed by atoms with Crippen molar-refractivity contribution < 1.29 is 14.3 Å². The Kier molecular flexibility index (Phi) is 3.85. The summed E-state index contributed by atoms with van der Waals surface area (Å²) in [7, 11) is 3.34. The molecule has 2 aromatic rings. The number of amides is 1. The van der Waals surface area contributed by atoms with Crippen molar-refractivity contribution in [2.75, 3.05) is 20.7 Å². The number of H-pyrrole nitrogens is 1. The summed E-state index contributed by atoms with van der Waals surface area (Å²) in [6.45, 7) is 0.0902. The standard InChI is InChI=1S/C14H16N2O3/c1-16(2)12(17)7-9-19-14(18)11-5-3-4-10-6-8-15-13(10)11/h3-6,8,15H,7,9H2,1-2H3. The van der Waals surface area contributed by atoms with E-state index in [0.717, 1.165) is 10.9 Å². The van der Waals surface area contributed by atoms with Gasteiger partial charge in [-0.05, 0) is 12.1 Å². The molecule has 0 atom stereocenters. The van der Waals surface area contributed by atoms with Crippen LogP contribution in [0.25, 0.3) is 10.9 Å². The molecule has 0 unspecified atom stereocenters. The molecule has 0 fully saturated rings. The summed E-state index contributed by atoms with van der Waals surface area (Å²) in [6, 6.07) is 7.31. The molecule has 0 aliphatic carbocycles. The number of carbonyl (C=O) groups is 2. The highest BCUT2D eigenvalue weighted by Gasteiger charge is 2.13. The van der Waals surface area contributed by atoms with Crippen molar-refractivity contribution in [3.05, 3.63) is 36.0 Å². The van der Waals surface area contributed by atoms with Crippen LogP contribution in [0.3, 0.4) is 0 Å². The summed E-state index contributed by atoms with van der Waals surface area (Å²) in [6.07, 6.45) is 1.97. The molecular formula is C14H16N2O3. The molecule has 0 aliphatic heterocycles. The van der Waals surface area contributed by atoms with Crippen molar-refractivity contribution in [2.24, 2.45) is 0 Å². The first-order valence-electron chi connectivity index (χ1n) is 6.03. The summed E-state index contributed by atoms with van der Waals surface area (Å²) in [5.41, 5.74) is 1.24. The molecule has 1 heterocycles. The van der Waals surface area contributed by atoms with Gasteiger partial charge in [0.05, 0.1) is 17.5 Å². The number of rotatable bonds is 4. The van der Waals surface area contributed by atoms with Gasteiger partial charge in [-0.2, -0.15) is 0 Å². The highest BCUT2D eigenvalue weighted by molar-refractivity contribution is 6.02. The monoisotopic (exact) mass is 260 g/mol. The van der Waals surface area contributed by atoms with Crippen LogP contribution in [0.5, 0.6) is 0 Å². The van der Waals surface area contributed by atoms with Crippen molar-refractivity contribution in [2.45, 2.75) is 6.42 Å². The van der Waals surface area contributed by atoms with Crippen molar-refractivity contribution in [1.82, 2.24) is 9.88 Å². The molecule has 0 saturated carbocycles. The van der Waals surface area contributed by atoms with Gasteiger partial charge in [-0.15, -0.1) is 0 Å². The van der Waals surface area contributed by atoms with E-state index in [0.29, 0.717) is 5.56 Å². The average molecular weight is 260 g/mol. The summed E-state index contributed by atoms with van der Waals surface area (Å²) >= 11 is 0. The minimum atomic E-state index is -0.417. The van der Waals surface area contributed by atoms with Crippen LogP contribution in [0.15, 0.2) is 30.5 Å². The number of benzene rings is 1. The highest BCUT2D eigenvalue weighted by Crippen LogP contribution is 2.17. The fourth-order valence-corrected chi connectivity index (χ4v) is 1.79. The Hall–Kier alpha value is -2.30. The Balaban J connectivity index is 2.01. The second-order valence-electron chi connectivity index (χ2n) is 4.42. The second kappa shape index (κ2) is 5.56. The van der Waals surface area contributed by atoms with E-state index in [1.54, 1.807) is 32.4 Å². The Morgan fingerprint density at radius 2 is 2.05 bits per heavy atom. The zero-order valence-electron chi connectivity index (χ0n) is 11.0. The molecule has 1 aromatic carbocycles. The third-order valence-electron chi connectivity index (χ3n) is 2.86. The number of fused-ring (bicyclic) bond motifs is 1. The average Bonchev–Trinajstić information content (AvgIpc) is 2.86. The van der Waals surface area contributed by atoms with Crippen LogP contribution < -0.4 is 0 Å². The maximum absolute atomic E-state index is 11.9. The summed E-state index contributed by atoms with van der Waals surface area (Å²) in [5, 5.41) is 0.957. The van der Waals surface area contributed by atoms with Crippen LogP contribution in [-0.4, -0.2) is 42.5 Å². The molecule has 1 amide bonds. The van der Waals surface area contributed by atoms with Crippen LogP contribution in [0.1, 0.15) is 16.8 Å². The zero-order chi connectivity index (χ0) is 13.8. The maximum Gasteiger partial charge on any atom is 0.340 e.